The van der Waals surface area contributed by atoms with Crippen molar-refractivity contribution in [3.8, 4) is 0 Å². The Morgan fingerprint density at radius 3 is 2.90 bits per heavy atom. The van der Waals surface area contributed by atoms with Gasteiger partial charge in [-0.15, -0.1) is 0 Å². The largest absolute Gasteiger partial charge is 0.464 e. The van der Waals surface area contributed by atoms with Gasteiger partial charge in [-0.1, -0.05) is 23.8 Å². The Kier molecular flexibility index (Phi) is 3.96. The molecule has 106 valence electrons. The molecule has 0 radical (unpaired) electrons. The van der Waals surface area contributed by atoms with Gasteiger partial charge in [-0.2, -0.15) is 0 Å². The lowest BCUT2D eigenvalue weighted by atomic mass is 10.1. The van der Waals surface area contributed by atoms with Crippen LogP contribution in [-0.2, 0) is 6.54 Å². The van der Waals surface area contributed by atoms with Crippen LogP contribution in [-0.4, -0.2) is 5.91 Å². The predicted molar refractivity (Wildman–Crippen MR) is 91.3 cm³/mol. The third-order valence-electron chi connectivity index (χ3n) is 3.34. The molecule has 0 unspecified atom stereocenters. The van der Waals surface area contributed by atoms with Crippen molar-refractivity contribution >= 4 is 39.5 Å². The van der Waals surface area contributed by atoms with E-state index >= 15 is 0 Å². The van der Waals surface area contributed by atoms with Crippen LogP contribution < -0.4 is 5.32 Å². The molecule has 0 aliphatic carbocycles. The third kappa shape index (κ3) is 3.10. The molecule has 0 spiro atoms. The molecule has 1 amide bonds. The van der Waals surface area contributed by atoms with Gasteiger partial charge in [-0.3, -0.25) is 4.79 Å². The Morgan fingerprint density at radius 2 is 2.05 bits per heavy atom. The van der Waals surface area contributed by atoms with Gasteiger partial charge in [0.1, 0.15) is 5.58 Å². The fourth-order valence-electron chi connectivity index (χ4n) is 2.20. The van der Waals surface area contributed by atoms with E-state index in [1.54, 1.807) is 6.26 Å². The van der Waals surface area contributed by atoms with E-state index < -0.39 is 0 Å². The minimum Gasteiger partial charge on any atom is -0.464 e. The summed E-state index contributed by atoms with van der Waals surface area (Å²) in [5, 5.41) is 4.02. The molecular weight excluding hydrogens is 377 g/mol. The highest BCUT2D eigenvalue weighted by Gasteiger charge is 2.10. The number of hydrogen-bond acceptors (Lipinski definition) is 2. The fraction of sp³-hybridized carbons (Fsp3) is 0.118. The molecule has 1 heterocycles. The number of halogens is 1. The molecule has 3 nitrogen and oxygen atoms in total. The Labute approximate surface area is 136 Å². The van der Waals surface area contributed by atoms with Crippen molar-refractivity contribution in [2.75, 3.05) is 0 Å². The van der Waals surface area contributed by atoms with Crippen molar-refractivity contribution in [2.24, 2.45) is 0 Å². The van der Waals surface area contributed by atoms with Crippen LogP contribution in [0, 0.1) is 10.5 Å². The number of carbonyl (C=O) groups is 1. The second kappa shape index (κ2) is 5.89. The standard InChI is InChI=1S/C17H14INO2/c1-11-2-5-15(18)14(8-11)17(20)19-10-12-3-4-13-6-7-21-16(13)9-12/h2-9H,10H2,1H3,(H,19,20). The maximum Gasteiger partial charge on any atom is 0.252 e. The van der Waals surface area contributed by atoms with E-state index in [0.29, 0.717) is 6.54 Å². The lowest BCUT2D eigenvalue weighted by Gasteiger charge is -2.08. The molecule has 0 bridgehead atoms. The SMILES string of the molecule is Cc1ccc(I)c(C(=O)NCc2ccc3ccoc3c2)c1. The highest BCUT2D eigenvalue weighted by atomic mass is 127. The Balaban J connectivity index is 1.74. The lowest BCUT2D eigenvalue weighted by molar-refractivity contribution is 0.0950. The second-order valence-corrected chi connectivity index (χ2v) is 6.12. The molecule has 3 aromatic rings. The zero-order valence-corrected chi connectivity index (χ0v) is 13.7. The summed E-state index contributed by atoms with van der Waals surface area (Å²) in [4.78, 5) is 12.3. The fourth-order valence-corrected chi connectivity index (χ4v) is 2.78. The van der Waals surface area contributed by atoms with Crippen molar-refractivity contribution in [3.05, 3.63) is 69.0 Å². The van der Waals surface area contributed by atoms with Gasteiger partial charge in [0.15, 0.2) is 0 Å². The molecular formula is C17H14INO2. The van der Waals surface area contributed by atoms with Crippen molar-refractivity contribution < 1.29 is 9.21 Å². The first-order chi connectivity index (χ1) is 10.1. The van der Waals surface area contributed by atoms with Crippen LogP contribution in [0.5, 0.6) is 0 Å². The maximum absolute atomic E-state index is 12.3. The van der Waals surface area contributed by atoms with E-state index in [1.165, 1.54) is 0 Å². The quantitative estimate of drug-likeness (QED) is 0.678. The smallest absolute Gasteiger partial charge is 0.252 e. The van der Waals surface area contributed by atoms with Crippen molar-refractivity contribution in [3.63, 3.8) is 0 Å². The number of nitrogens with one attached hydrogen (secondary N) is 1. The van der Waals surface area contributed by atoms with E-state index in [-0.39, 0.29) is 5.91 Å². The van der Waals surface area contributed by atoms with Gasteiger partial charge in [-0.25, -0.2) is 0 Å². The van der Waals surface area contributed by atoms with Gasteiger partial charge in [-0.05, 0) is 59.3 Å². The summed E-state index contributed by atoms with van der Waals surface area (Å²) < 4.78 is 6.33. The number of hydrogen-bond donors (Lipinski definition) is 1. The summed E-state index contributed by atoms with van der Waals surface area (Å²) in [5.41, 5.74) is 3.66. The van der Waals surface area contributed by atoms with E-state index in [0.717, 1.165) is 31.2 Å². The zero-order chi connectivity index (χ0) is 14.8. The molecule has 1 N–H and O–H groups in total. The van der Waals surface area contributed by atoms with Gasteiger partial charge in [0, 0.05) is 15.5 Å². The maximum atomic E-state index is 12.3. The second-order valence-electron chi connectivity index (χ2n) is 4.96. The van der Waals surface area contributed by atoms with Crippen molar-refractivity contribution in [1.29, 1.82) is 0 Å². The number of carbonyl (C=O) groups excluding carboxylic acids is 1. The minimum absolute atomic E-state index is 0.0531. The van der Waals surface area contributed by atoms with Crippen molar-refractivity contribution in [2.45, 2.75) is 13.5 Å². The van der Waals surface area contributed by atoms with Gasteiger partial charge in [0.05, 0.1) is 11.8 Å². The first-order valence-electron chi connectivity index (χ1n) is 6.64. The molecule has 0 saturated heterocycles. The number of furan rings is 1. The highest BCUT2D eigenvalue weighted by molar-refractivity contribution is 14.1. The summed E-state index contributed by atoms with van der Waals surface area (Å²) in [7, 11) is 0. The molecule has 21 heavy (non-hydrogen) atoms. The highest BCUT2D eigenvalue weighted by Crippen LogP contribution is 2.17. The topological polar surface area (TPSA) is 42.2 Å². The third-order valence-corrected chi connectivity index (χ3v) is 4.28. The van der Waals surface area contributed by atoms with E-state index in [9.17, 15) is 4.79 Å². The molecule has 1 aromatic heterocycles. The number of benzene rings is 2. The molecule has 2 aromatic carbocycles. The summed E-state index contributed by atoms with van der Waals surface area (Å²) in [6.07, 6.45) is 1.67. The predicted octanol–water partition coefficient (Wildman–Crippen LogP) is 4.28. The summed E-state index contributed by atoms with van der Waals surface area (Å²) in [6.45, 7) is 2.47. The Hall–Kier alpha value is -1.82. The molecule has 0 aliphatic heterocycles. The molecule has 0 saturated carbocycles. The first-order valence-corrected chi connectivity index (χ1v) is 7.72. The number of aryl methyl sites for hydroxylation is 1. The summed E-state index contributed by atoms with van der Waals surface area (Å²) in [5.74, 6) is -0.0531. The van der Waals surface area contributed by atoms with Crippen LogP contribution in [0.3, 0.4) is 0 Å². The molecule has 0 atom stereocenters. The Bertz CT molecular complexity index is 807. The van der Waals surface area contributed by atoms with Gasteiger partial charge in [0.2, 0.25) is 0 Å². The number of rotatable bonds is 3. The summed E-state index contributed by atoms with van der Waals surface area (Å²) >= 11 is 2.18. The Morgan fingerprint density at radius 1 is 1.19 bits per heavy atom. The van der Waals surface area contributed by atoms with Gasteiger partial charge < -0.3 is 9.73 Å². The van der Waals surface area contributed by atoms with Gasteiger partial charge in [0.25, 0.3) is 5.91 Å². The van der Waals surface area contributed by atoms with E-state index in [4.69, 9.17) is 4.42 Å². The minimum atomic E-state index is -0.0531. The van der Waals surface area contributed by atoms with E-state index in [1.807, 2.05) is 49.4 Å². The summed E-state index contributed by atoms with van der Waals surface area (Å²) in [6, 6.07) is 13.7. The van der Waals surface area contributed by atoms with Crippen LogP contribution in [0.15, 0.2) is 53.1 Å². The first kappa shape index (κ1) is 14.1. The molecule has 0 fully saturated rings. The van der Waals surface area contributed by atoms with Crippen LogP contribution >= 0.6 is 22.6 Å². The normalized spacial score (nSPS) is 10.8. The van der Waals surface area contributed by atoms with Crippen molar-refractivity contribution in [1.82, 2.24) is 5.32 Å². The molecule has 0 aliphatic rings. The number of fused-ring (bicyclic) bond motifs is 1. The van der Waals surface area contributed by atoms with Crippen LogP contribution in [0.1, 0.15) is 21.5 Å². The zero-order valence-electron chi connectivity index (χ0n) is 11.5. The van der Waals surface area contributed by atoms with Crippen LogP contribution in [0.25, 0.3) is 11.0 Å². The van der Waals surface area contributed by atoms with Crippen LogP contribution in [0.2, 0.25) is 0 Å². The molecule has 4 heteroatoms. The monoisotopic (exact) mass is 391 g/mol. The average Bonchev–Trinajstić information content (AvgIpc) is 2.94. The molecule has 3 rings (SSSR count). The van der Waals surface area contributed by atoms with Gasteiger partial charge >= 0.3 is 0 Å². The number of amides is 1. The lowest BCUT2D eigenvalue weighted by Crippen LogP contribution is -2.23. The van der Waals surface area contributed by atoms with E-state index in [2.05, 4.69) is 27.9 Å². The van der Waals surface area contributed by atoms with Crippen LogP contribution in [0.4, 0.5) is 0 Å². The average molecular weight is 391 g/mol.